The second-order valence-electron chi connectivity index (χ2n) is 3.42. The topological polar surface area (TPSA) is 35.2 Å². The van der Waals surface area contributed by atoms with Crippen LogP contribution in [0.3, 0.4) is 0 Å². The van der Waals surface area contributed by atoms with Gasteiger partial charge in [0.1, 0.15) is 5.75 Å². The molecule has 1 aliphatic rings. The summed E-state index contributed by atoms with van der Waals surface area (Å²) in [5.41, 5.74) is 8.54. The average Bonchev–Trinajstić information content (AvgIpc) is 2.48. The summed E-state index contributed by atoms with van der Waals surface area (Å²) in [5, 5.41) is 0. The number of benzene rings is 1. The van der Waals surface area contributed by atoms with E-state index in [1.54, 1.807) is 7.11 Å². The van der Waals surface area contributed by atoms with Gasteiger partial charge in [-0.25, -0.2) is 0 Å². The van der Waals surface area contributed by atoms with Crippen molar-refractivity contribution >= 4 is 31.9 Å². The van der Waals surface area contributed by atoms with Crippen LogP contribution in [0.25, 0.3) is 0 Å². The normalized spacial score (nSPS) is 19.6. The Kier molecular flexibility index (Phi) is 2.86. The zero-order valence-electron chi connectivity index (χ0n) is 7.81. The molecule has 1 aliphatic carbocycles. The molecule has 0 unspecified atom stereocenters. The predicted octanol–water partition coefficient (Wildman–Crippen LogP) is 3.17. The molecule has 2 rings (SSSR count). The van der Waals surface area contributed by atoms with Crippen molar-refractivity contribution in [3.63, 3.8) is 0 Å². The van der Waals surface area contributed by atoms with E-state index in [-0.39, 0.29) is 6.04 Å². The molecule has 1 aromatic carbocycles. The van der Waals surface area contributed by atoms with Gasteiger partial charge in [-0.1, -0.05) is 0 Å². The largest absolute Gasteiger partial charge is 0.494 e. The number of rotatable bonds is 1. The standard InChI is InChI=1S/C10H11Br2NO/c1-14-10-6(11)4-5-2-3-7(13)8(5)9(10)12/h4,7H,2-3,13H2,1H3/t7-/m0/s1. The summed E-state index contributed by atoms with van der Waals surface area (Å²) in [6.07, 6.45) is 2.07. The molecule has 2 nitrogen and oxygen atoms in total. The lowest BCUT2D eigenvalue weighted by molar-refractivity contribution is 0.408. The maximum atomic E-state index is 6.02. The van der Waals surface area contributed by atoms with Crippen molar-refractivity contribution in [2.75, 3.05) is 7.11 Å². The van der Waals surface area contributed by atoms with Crippen molar-refractivity contribution in [3.8, 4) is 5.75 Å². The SMILES string of the molecule is COc1c(Br)cc2c(c1Br)[C@@H](N)CC2. The molecule has 0 aliphatic heterocycles. The number of nitrogens with two attached hydrogens (primary N) is 1. The summed E-state index contributed by atoms with van der Waals surface area (Å²) in [5.74, 6) is 0.834. The minimum Gasteiger partial charge on any atom is -0.494 e. The van der Waals surface area contributed by atoms with Gasteiger partial charge in [0.15, 0.2) is 0 Å². The van der Waals surface area contributed by atoms with Crippen molar-refractivity contribution in [2.24, 2.45) is 5.73 Å². The molecule has 0 amide bonds. The Labute approximate surface area is 100 Å². The van der Waals surface area contributed by atoms with Gasteiger partial charge in [-0.2, -0.15) is 0 Å². The van der Waals surface area contributed by atoms with Crippen molar-refractivity contribution < 1.29 is 4.74 Å². The highest BCUT2D eigenvalue weighted by atomic mass is 79.9. The molecule has 1 atom stereocenters. The van der Waals surface area contributed by atoms with Crippen LogP contribution in [-0.4, -0.2) is 7.11 Å². The first kappa shape index (κ1) is 10.5. The molecule has 0 fully saturated rings. The number of hydrogen-bond acceptors (Lipinski definition) is 2. The Morgan fingerprint density at radius 2 is 2.21 bits per heavy atom. The summed E-state index contributed by atoms with van der Waals surface area (Å²) >= 11 is 7.03. The highest BCUT2D eigenvalue weighted by Crippen LogP contribution is 2.44. The van der Waals surface area contributed by atoms with Gasteiger partial charge < -0.3 is 10.5 Å². The smallest absolute Gasteiger partial charge is 0.147 e. The van der Waals surface area contributed by atoms with Crippen LogP contribution < -0.4 is 10.5 Å². The quantitative estimate of drug-likeness (QED) is 0.862. The summed E-state index contributed by atoms with van der Waals surface area (Å²) in [4.78, 5) is 0. The van der Waals surface area contributed by atoms with Crippen LogP contribution in [0.1, 0.15) is 23.6 Å². The molecule has 1 aromatic rings. The van der Waals surface area contributed by atoms with Crippen molar-refractivity contribution in [3.05, 3.63) is 26.1 Å². The van der Waals surface area contributed by atoms with E-state index in [4.69, 9.17) is 10.5 Å². The minimum absolute atomic E-state index is 0.140. The Morgan fingerprint density at radius 1 is 1.50 bits per heavy atom. The van der Waals surface area contributed by atoms with Crippen molar-refractivity contribution in [1.29, 1.82) is 0 Å². The first-order valence-electron chi connectivity index (χ1n) is 4.45. The fourth-order valence-corrected chi connectivity index (χ4v) is 3.74. The summed E-state index contributed by atoms with van der Waals surface area (Å²) in [7, 11) is 1.66. The Balaban J connectivity index is 2.64. The van der Waals surface area contributed by atoms with E-state index in [9.17, 15) is 0 Å². The van der Waals surface area contributed by atoms with Gasteiger partial charge in [-0.05, 0) is 61.9 Å². The molecule has 0 bridgehead atoms. The Morgan fingerprint density at radius 3 is 2.86 bits per heavy atom. The van der Waals surface area contributed by atoms with E-state index in [2.05, 4.69) is 37.9 Å². The van der Waals surface area contributed by atoms with E-state index in [1.807, 2.05) is 0 Å². The summed E-state index contributed by atoms with van der Waals surface area (Å²) in [6, 6.07) is 2.24. The number of methoxy groups -OCH3 is 1. The van der Waals surface area contributed by atoms with Gasteiger partial charge in [-0.15, -0.1) is 0 Å². The highest BCUT2D eigenvalue weighted by molar-refractivity contribution is 9.11. The molecule has 0 saturated heterocycles. The fraction of sp³-hybridized carbons (Fsp3) is 0.400. The first-order valence-corrected chi connectivity index (χ1v) is 6.04. The van der Waals surface area contributed by atoms with Crippen LogP contribution in [0, 0.1) is 0 Å². The number of halogens is 2. The second-order valence-corrected chi connectivity index (χ2v) is 5.07. The van der Waals surface area contributed by atoms with Gasteiger partial charge >= 0.3 is 0 Å². The van der Waals surface area contributed by atoms with Gasteiger partial charge in [0.25, 0.3) is 0 Å². The van der Waals surface area contributed by atoms with E-state index in [1.165, 1.54) is 11.1 Å². The zero-order valence-corrected chi connectivity index (χ0v) is 11.0. The molecule has 76 valence electrons. The third-order valence-corrected chi connectivity index (χ3v) is 3.98. The third-order valence-electron chi connectivity index (χ3n) is 2.60. The Bertz CT molecular complexity index is 379. The molecule has 0 radical (unpaired) electrons. The van der Waals surface area contributed by atoms with E-state index >= 15 is 0 Å². The molecule has 0 aromatic heterocycles. The first-order chi connectivity index (χ1) is 6.65. The monoisotopic (exact) mass is 319 g/mol. The second kappa shape index (κ2) is 3.83. The van der Waals surface area contributed by atoms with E-state index in [0.717, 1.165) is 27.5 Å². The number of aryl methyl sites for hydroxylation is 1. The maximum absolute atomic E-state index is 6.02. The molecule has 0 saturated carbocycles. The number of fused-ring (bicyclic) bond motifs is 1. The lowest BCUT2D eigenvalue weighted by atomic mass is 10.1. The van der Waals surface area contributed by atoms with Crippen LogP contribution in [0.15, 0.2) is 15.0 Å². The number of ether oxygens (including phenoxy) is 1. The molecule has 14 heavy (non-hydrogen) atoms. The van der Waals surface area contributed by atoms with E-state index in [0.29, 0.717) is 0 Å². The highest BCUT2D eigenvalue weighted by Gasteiger charge is 2.25. The molecular formula is C10H11Br2NO. The fourth-order valence-electron chi connectivity index (χ4n) is 1.91. The minimum atomic E-state index is 0.140. The van der Waals surface area contributed by atoms with Crippen molar-refractivity contribution in [2.45, 2.75) is 18.9 Å². The molecule has 0 spiro atoms. The predicted molar refractivity (Wildman–Crippen MR) is 63.6 cm³/mol. The molecule has 0 heterocycles. The van der Waals surface area contributed by atoms with Crippen LogP contribution in [-0.2, 0) is 6.42 Å². The average molecular weight is 321 g/mol. The van der Waals surface area contributed by atoms with Crippen LogP contribution in [0.4, 0.5) is 0 Å². The number of hydrogen-bond donors (Lipinski definition) is 1. The summed E-state index contributed by atoms with van der Waals surface area (Å²) < 4.78 is 7.28. The van der Waals surface area contributed by atoms with Crippen LogP contribution in [0.5, 0.6) is 5.75 Å². The molecule has 2 N–H and O–H groups in total. The Hall–Kier alpha value is -0.0600. The maximum Gasteiger partial charge on any atom is 0.147 e. The molecule has 4 heteroatoms. The van der Waals surface area contributed by atoms with Crippen LogP contribution >= 0.6 is 31.9 Å². The lowest BCUT2D eigenvalue weighted by Crippen LogP contribution is -2.06. The van der Waals surface area contributed by atoms with Gasteiger partial charge in [0, 0.05) is 6.04 Å². The summed E-state index contributed by atoms with van der Waals surface area (Å²) in [6.45, 7) is 0. The van der Waals surface area contributed by atoms with Crippen LogP contribution in [0.2, 0.25) is 0 Å². The lowest BCUT2D eigenvalue weighted by Gasteiger charge is -2.13. The van der Waals surface area contributed by atoms with Crippen molar-refractivity contribution in [1.82, 2.24) is 0 Å². The van der Waals surface area contributed by atoms with Gasteiger partial charge in [0.05, 0.1) is 16.1 Å². The molecular weight excluding hydrogens is 310 g/mol. The van der Waals surface area contributed by atoms with Gasteiger partial charge in [0.2, 0.25) is 0 Å². The third kappa shape index (κ3) is 1.49. The zero-order chi connectivity index (χ0) is 10.3. The van der Waals surface area contributed by atoms with Gasteiger partial charge in [-0.3, -0.25) is 0 Å². The van der Waals surface area contributed by atoms with E-state index < -0.39 is 0 Å².